The van der Waals surface area contributed by atoms with Gasteiger partial charge < -0.3 is 24.4 Å². The molecule has 3 fully saturated rings. The molecule has 1 aromatic carbocycles. The molecule has 168 valence electrons. The molecule has 0 aliphatic carbocycles. The summed E-state index contributed by atoms with van der Waals surface area (Å²) in [5.74, 6) is 1.91. The van der Waals surface area contributed by atoms with Crippen molar-refractivity contribution in [1.82, 2.24) is 15.1 Å². The van der Waals surface area contributed by atoms with Gasteiger partial charge in [-0.3, -0.25) is 9.89 Å². The van der Waals surface area contributed by atoms with Gasteiger partial charge in [0.1, 0.15) is 12.4 Å². The minimum Gasteiger partial charge on any atom is -0.492 e. The van der Waals surface area contributed by atoms with E-state index in [-0.39, 0.29) is 24.0 Å². The molecular formula is C22H35IN4O3. The Morgan fingerprint density at radius 3 is 2.80 bits per heavy atom. The van der Waals surface area contributed by atoms with E-state index in [1.807, 2.05) is 13.1 Å². The summed E-state index contributed by atoms with van der Waals surface area (Å²) in [6.45, 7) is 9.92. The van der Waals surface area contributed by atoms with Gasteiger partial charge in [0.25, 0.3) is 0 Å². The number of morpholine rings is 1. The second kappa shape index (κ2) is 11.5. The van der Waals surface area contributed by atoms with E-state index in [9.17, 15) is 0 Å². The van der Waals surface area contributed by atoms with Gasteiger partial charge in [0.15, 0.2) is 5.96 Å². The van der Waals surface area contributed by atoms with Gasteiger partial charge in [-0.25, -0.2) is 0 Å². The largest absolute Gasteiger partial charge is 0.492 e. The fourth-order valence-electron chi connectivity index (χ4n) is 4.46. The Morgan fingerprint density at radius 2 is 2.03 bits per heavy atom. The maximum Gasteiger partial charge on any atom is 0.193 e. The quantitative estimate of drug-likeness (QED) is 0.346. The van der Waals surface area contributed by atoms with Gasteiger partial charge >= 0.3 is 0 Å². The molecule has 0 aromatic heterocycles. The van der Waals surface area contributed by atoms with Crippen LogP contribution in [0.25, 0.3) is 0 Å². The number of nitrogens with one attached hydrogen (secondary N) is 1. The smallest absolute Gasteiger partial charge is 0.193 e. The van der Waals surface area contributed by atoms with Gasteiger partial charge in [-0.15, -0.1) is 24.0 Å². The zero-order valence-electron chi connectivity index (χ0n) is 18.0. The fraction of sp³-hybridized carbons (Fsp3) is 0.682. The molecule has 0 saturated carbocycles. The van der Waals surface area contributed by atoms with Crippen molar-refractivity contribution in [1.29, 1.82) is 0 Å². The lowest BCUT2D eigenvalue weighted by Crippen LogP contribution is -2.41. The third kappa shape index (κ3) is 6.21. The van der Waals surface area contributed by atoms with Crippen molar-refractivity contribution in [2.24, 2.45) is 10.4 Å². The number of rotatable bonds is 6. The van der Waals surface area contributed by atoms with Gasteiger partial charge in [0.05, 0.1) is 19.8 Å². The average molecular weight is 530 g/mol. The number of hydrogen-bond donors (Lipinski definition) is 1. The summed E-state index contributed by atoms with van der Waals surface area (Å²) >= 11 is 0. The molecule has 0 radical (unpaired) electrons. The van der Waals surface area contributed by atoms with Crippen molar-refractivity contribution in [2.45, 2.75) is 19.4 Å². The van der Waals surface area contributed by atoms with Crippen LogP contribution in [0.5, 0.6) is 5.75 Å². The number of halogens is 1. The highest BCUT2D eigenvalue weighted by Crippen LogP contribution is 2.38. The number of hydrogen-bond acceptors (Lipinski definition) is 5. The van der Waals surface area contributed by atoms with Crippen molar-refractivity contribution < 1.29 is 14.2 Å². The summed E-state index contributed by atoms with van der Waals surface area (Å²) in [5, 5.41) is 3.53. The fourth-order valence-corrected chi connectivity index (χ4v) is 4.46. The van der Waals surface area contributed by atoms with E-state index < -0.39 is 0 Å². The lowest BCUT2D eigenvalue weighted by molar-refractivity contribution is 0.0322. The Hall–Kier alpha value is -1.10. The van der Waals surface area contributed by atoms with E-state index in [1.165, 1.54) is 18.4 Å². The molecule has 0 bridgehead atoms. The van der Waals surface area contributed by atoms with Crippen LogP contribution >= 0.6 is 24.0 Å². The maximum atomic E-state index is 5.98. The molecule has 1 aromatic rings. The van der Waals surface area contributed by atoms with Gasteiger partial charge in [-0.05, 0) is 30.5 Å². The Balaban J connectivity index is 0.00000256. The van der Waals surface area contributed by atoms with Crippen molar-refractivity contribution in [3.05, 3.63) is 29.8 Å². The predicted molar refractivity (Wildman–Crippen MR) is 129 cm³/mol. The molecular weight excluding hydrogens is 495 g/mol. The first-order valence-electron chi connectivity index (χ1n) is 10.8. The molecule has 1 spiro atoms. The maximum absolute atomic E-state index is 5.98. The van der Waals surface area contributed by atoms with Gasteiger partial charge in [0, 0.05) is 58.3 Å². The molecule has 8 heteroatoms. The molecule has 3 aliphatic rings. The van der Waals surface area contributed by atoms with Gasteiger partial charge in [-0.2, -0.15) is 0 Å². The minimum atomic E-state index is 0. The van der Waals surface area contributed by atoms with Crippen LogP contribution in [0.15, 0.2) is 29.3 Å². The molecule has 0 amide bonds. The highest BCUT2D eigenvalue weighted by Gasteiger charge is 2.42. The van der Waals surface area contributed by atoms with E-state index in [0.29, 0.717) is 12.0 Å². The summed E-state index contributed by atoms with van der Waals surface area (Å²) in [4.78, 5) is 9.27. The first kappa shape index (κ1) is 23.6. The van der Waals surface area contributed by atoms with E-state index in [0.717, 1.165) is 77.4 Å². The Labute approximate surface area is 197 Å². The average Bonchev–Trinajstić information content (AvgIpc) is 3.40. The summed E-state index contributed by atoms with van der Waals surface area (Å²) in [7, 11) is 1.86. The molecule has 1 unspecified atom stereocenters. The van der Waals surface area contributed by atoms with Crippen LogP contribution in [-0.4, -0.2) is 88.6 Å². The standard InChI is InChI=1S/C22H34N4O3.HI/c1-23-21(26-7-5-22(17-26)6-11-28-18-22)24-16-19-3-2-4-20(15-19)29-14-10-25-8-12-27-13-9-25;/h2-4,15H,5-14,16-18H2,1H3,(H,23,24);1H. The third-order valence-corrected chi connectivity index (χ3v) is 6.26. The highest BCUT2D eigenvalue weighted by molar-refractivity contribution is 14.0. The predicted octanol–water partition coefficient (Wildman–Crippen LogP) is 2.20. The number of nitrogens with zero attached hydrogens (tertiary/aromatic N) is 3. The molecule has 1 N–H and O–H groups in total. The third-order valence-electron chi connectivity index (χ3n) is 6.26. The molecule has 3 saturated heterocycles. The topological polar surface area (TPSA) is 58.6 Å². The lowest BCUT2D eigenvalue weighted by Gasteiger charge is -2.26. The molecule has 3 heterocycles. The first-order chi connectivity index (χ1) is 14.3. The zero-order chi connectivity index (χ0) is 19.9. The summed E-state index contributed by atoms with van der Waals surface area (Å²) < 4.78 is 17.0. The van der Waals surface area contributed by atoms with Crippen LogP contribution in [0.4, 0.5) is 0 Å². The van der Waals surface area contributed by atoms with Crippen molar-refractivity contribution in [2.75, 3.05) is 72.8 Å². The monoisotopic (exact) mass is 530 g/mol. The lowest BCUT2D eigenvalue weighted by atomic mass is 9.87. The van der Waals surface area contributed by atoms with Crippen molar-refractivity contribution in [3.63, 3.8) is 0 Å². The number of guanidine groups is 1. The number of aliphatic imine (C=N–C) groups is 1. The summed E-state index contributed by atoms with van der Waals surface area (Å²) in [6.07, 6.45) is 2.37. The Kier molecular flexibility index (Phi) is 9.03. The second-order valence-electron chi connectivity index (χ2n) is 8.32. The summed E-state index contributed by atoms with van der Waals surface area (Å²) in [5.41, 5.74) is 1.54. The molecule has 1 atom stereocenters. The molecule has 30 heavy (non-hydrogen) atoms. The van der Waals surface area contributed by atoms with Crippen LogP contribution < -0.4 is 10.1 Å². The van der Waals surface area contributed by atoms with Crippen molar-refractivity contribution >= 4 is 29.9 Å². The number of likely N-dealkylation sites (tertiary alicyclic amines) is 1. The van der Waals surface area contributed by atoms with Crippen LogP contribution in [0.3, 0.4) is 0 Å². The van der Waals surface area contributed by atoms with Gasteiger partial charge in [0.2, 0.25) is 0 Å². The molecule has 7 nitrogen and oxygen atoms in total. The number of benzene rings is 1. The van der Waals surface area contributed by atoms with Crippen LogP contribution in [0.1, 0.15) is 18.4 Å². The first-order valence-corrected chi connectivity index (χ1v) is 10.8. The minimum absolute atomic E-state index is 0. The zero-order valence-corrected chi connectivity index (χ0v) is 20.3. The normalized spacial score (nSPS) is 24.8. The van der Waals surface area contributed by atoms with E-state index in [2.05, 4.69) is 38.3 Å². The summed E-state index contributed by atoms with van der Waals surface area (Å²) in [6, 6.07) is 8.34. The van der Waals surface area contributed by atoms with E-state index in [4.69, 9.17) is 14.2 Å². The Morgan fingerprint density at radius 1 is 1.17 bits per heavy atom. The van der Waals surface area contributed by atoms with E-state index >= 15 is 0 Å². The molecule has 3 aliphatic heterocycles. The second-order valence-corrected chi connectivity index (χ2v) is 8.32. The molecule has 4 rings (SSSR count). The number of ether oxygens (including phenoxy) is 3. The van der Waals surface area contributed by atoms with Crippen LogP contribution in [0.2, 0.25) is 0 Å². The SMILES string of the molecule is CN=C(NCc1cccc(OCCN2CCOCC2)c1)N1CCC2(CCOC2)C1.I. The Bertz CT molecular complexity index is 691. The van der Waals surface area contributed by atoms with Crippen LogP contribution in [0, 0.1) is 5.41 Å². The van der Waals surface area contributed by atoms with E-state index in [1.54, 1.807) is 0 Å². The van der Waals surface area contributed by atoms with Crippen LogP contribution in [-0.2, 0) is 16.0 Å². The van der Waals surface area contributed by atoms with Gasteiger partial charge in [-0.1, -0.05) is 12.1 Å². The highest BCUT2D eigenvalue weighted by atomic mass is 127. The van der Waals surface area contributed by atoms with Crippen molar-refractivity contribution in [3.8, 4) is 5.75 Å².